The van der Waals surface area contributed by atoms with Crippen LogP contribution in [0.1, 0.15) is 5.82 Å². The number of aryl methyl sites for hydroxylation is 1. The molecular weight excluding hydrogens is 216 g/mol. The molecule has 14 heavy (non-hydrogen) atoms. The Morgan fingerprint density at radius 1 is 1.43 bits per heavy atom. The molecule has 0 aliphatic rings. The molecule has 0 unspecified atom stereocenters. The molecule has 4 nitrogen and oxygen atoms in total. The van der Waals surface area contributed by atoms with Crippen LogP contribution < -0.4 is 5.73 Å². The van der Waals surface area contributed by atoms with Crippen molar-refractivity contribution in [2.24, 2.45) is 0 Å². The molecule has 0 aliphatic carbocycles. The van der Waals surface area contributed by atoms with Crippen LogP contribution in [0.25, 0.3) is 0 Å². The van der Waals surface area contributed by atoms with Gasteiger partial charge in [0.1, 0.15) is 16.7 Å². The summed E-state index contributed by atoms with van der Waals surface area (Å²) in [4.78, 5) is 12.4. The molecular formula is C8H8N4S2. The second-order valence-corrected chi connectivity index (χ2v) is 4.74. The molecule has 2 N–H and O–H groups in total. The first-order chi connectivity index (χ1) is 6.74. The Morgan fingerprint density at radius 2 is 2.29 bits per heavy atom. The first-order valence-corrected chi connectivity index (χ1v) is 5.62. The fourth-order valence-corrected chi connectivity index (χ4v) is 2.59. The maximum atomic E-state index is 5.61. The summed E-state index contributed by atoms with van der Waals surface area (Å²) in [5, 5.41) is 2.77. The highest BCUT2D eigenvalue weighted by atomic mass is 32.2. The van der Waals surface area contributed by atoms with Crippen LogP contribution in [0.5, 0.6) is 0 Å². The largest absolute Gasteiger partial charge is 0.384 e. The lowest BCUT2D eigenvalue weighted by molar-refractivity contribution is 0.974. The average molecular weight is 224 g/mol. The van der Waals surface area contributed by atoms with Crippen molar-refractivity contribution in [2.75, 3.05) is 5.73 Å². The second-order valence-electron chi connectivity index (χ2n) is 2.58. The summed E-state index contributed by atoms with van der Waals surface area (Å²) in [5.41, 5.74) is 5.61. The fourth-order valence-electron chi connectivity index (χ4n) is 0.965. The molecule has 2 heterocycles. The van der Waals surface area contributed by atoms with E-state index in [0.717, 1.165) is 9.37 Å². The van der Waals surface area contributed by atoms with E-state index in [1.165, 1.54) is 11.8 Å². The van der Waals surface area contributed by atoms with Gasteiger partial charge in [-0.25, -0.2) is 15.0 Å². The molecule has 0 radical (unpaired) electrons. The smallest absolute Gasteiger partial charge is 0.156 e. The molecule has 0 aromatic carbocycles. The van der Waals surface area contributed by atoms with Crippen molar-refractivity contribution in [3.8, 4) is 0 Å². The van der Waals surface area contributed by atoms with Gasteiger partial charge in [0.25, 0.3) is 0 Å². The van der Waals surface area contributed by atoms with Crippen LogP contribution in [-0.2, 0) is 0 Å². The molecule has 0 aliphatic heterocycles. The van der Waals surface area contributed by atoms with Crippen LogP contribution in [0.3, 0.4) is 0 Å². The number of hydrogen-bond acceptors (Lipinski definition) is 6. The number of hydrogen-bond donors (Lipinski definition) is 1. The van der Waals surface area contributed by atoms with Crippen molar-refractivity contribution in [1.29, 1.82) is 0 Å². The standard InChI is InChI=1S/C8H8N4S2/c1-5-11-6(9)4-7(12-5)14-8-10-2-3-13-8/h2-4H,1H3,(H2,9,11,12). The molecule has 2 rings (SSSR count). The normalized spacial score (nSPS) is 10.4. The van der Waals surface area contributed by atoms with Gasteiger partial charge in [0.2, 0.25) is 0 Å². The van der Waals surface area contributed by atoms with Gasteiger partial charge in [0, 0.05) is 17.6 Å². The Kier molecular flexibility index (Phi) is 2.64. The zero-order valence-electron chi connectivity index (χ0n) is 7.47. The average Bonchev–Trinajstić information content (AvgIpc) is 2.54. The lowest BCUT2D eigenvalue weighted by atomic mass is 10.5. The van der Waals surface area contributed by atoms with Crippen molar-refractivity contribution < 1.29 is 0 Å². The van der Waals surface area contributed by atoms with Crippen LogP contribution in [-0.4, -0.2) is 15.0 Å². The van der Waals surface area contributed by atoms with E-state index in [1.54, 1.807) is 23.6 Å². The Labute approximate surface area is 89.6 Å². The van der Waals surface area contributed by atoms with Crippen molar-refractivity contribution in [3.63, 3.8) is 0 Å². The van der Waals surface area contributed by atoms with Crippen molar-refractivity contribution in [1.82, 2.24) is 15.0 Å². The molecule has 2 aromatic rings. The van der Waals surface area contributed by atoms with Gasteiger partial charge in [-0.15, -0.1) is 11.3 Å². The highest BCUT2D eigenvalue weighted by molar-refractivity contribution is 8.01. The third-order valence-electron chi connectivity index (χ3n) is 1.44. The molecule has 0 bridgehead atoms. The first kappa shape index (κ1) is 9.42. The SMILES string of the molecule is Cc1nc(N)cc(Sc2nccs2)n1. The van der Waals surface area contributed by atoms with Gasteiger partial charge in [0.15, 0.2) is 4.34 Å². The number of nitrogen functional groups attached to an aromatic ring is 1. The maximum Gasteiger partial charge on any atom is 0.156 e. The van der Waals surface area contributed by atoms with Crippen LogP contribution >= 0.6 is 23.1 Å². The molecule has 6 heteroatoms. The van der Waals surface area contributed by atoms with Crippen LogP contribution in [0.4, 0.5) is 5.82 Å². The van der Waals surface area contributed by atoms with Crippen molar-refractivity contribution in [3.05, 3.63) is 23.5 Å². The molecule has 0 atom stereocenters. The maximum absolute atomic E-state index is 5.61. The monoisotopic (exact) mass is 224 g/mol. The minimum absolute atomic E-state index is 0.497. The number of rotatable bonds is 2. The Hall–Kier alpha value is -1.14. The van der Waals surface area contributed by atoms with Gasteiger partial charge in [-0.1, -0.05) is 0 Å². The van der Waals surface area contributed by atoms with Gasteiger partial charge in [0.05, 0.1) is 0 Å². The summed E-state index contributed by atoms with van der Waals surface area (Å²) in [6.07, 6.45) is 1.77. The van der Waals surface area contributed by atoms with E-state index in [1.807, 2.05) is 12.3 Å². The molecule has 0 amide bonds. The minimum Gasteiger partial charge on any atom is -0.384 e. The number of nitrogens with two attached hydrogens (primary N) is 1. The van der Waals surface area contributed by atoms with Crippen molar-refractivity contribution >= 4 is 28.9 Å². The number of anilines is 1. The predicted octanol–water partition coefficient (Wildman–Crippen LogP) is 1.97. The quantitative estimate of drug-likeness (QED) is 0.790. The predicted molar refractivity (Wildman–Crippen MR) is 57.4 cm³/mol. The zero-order valence-corrected chi connectivity index (χ0v) is 9.10. The van der Waals surface area contributed by atoms with Gasteiger partial charge in [-0.3, -0.25) is 0 Å². The molecule has 2 aromatic heterocycles. The summed E-state index contributed by atoms with van der Waals surface area (Å²) in [6.45, 7) is 1.82. The van der Waals surface area contributed by atoms with Gasteiger partial charge in [-0.05, 0) is 18.7 Å². The van der Waals surface area contributed by atoms with E-state index in [9.17, 15) is 0 Å². The van der Waals surface area contributed by atoms with E-state index >= 15 is 0 Å². The van der Waals surface area contributed by atoms with Gasteiger partial charge in [-0.2, -0.15) is 0 Å². The molecule has 0 saturated heterocycles. The van der Waals surface area contributed by atoms with E-state index in [-0.39, 0.29) is 0 Å². The lowest BCUT2D eigenvalue weighted by Gasteiger charge is -1.99. The molecule has 0 spiro atoms. The van der Waals surface area contributed by atoms with E-state index in [0.29, 0.717) is 11.6 Å². The Morgan fingerprint density at radius 3 is 2.93 bits per heavy atom. The summed E-state index contributed by atoms with van der Waals surface area (Å²) in [7, 11) is 0. The Balaban J connectivity index is 2.25. The summed E-state index contributed by atoms with van der Waals surface area (Å²) in [5.74, 6) is 1.18. The second kappa shape index (κ2) is 3.93. The first-order valence-electron chi connectivity index (χ1n) is 3.92. The molecule has 0 fully saturated rings. The van der Waals surface area contributed by atoms with Crippen LogP contribution in [0, 0.1) is 6.92 Å². The zero-order chi connectivity index (χ0) is 9.97. The van der Waals surface area contributed by atoms with E-state index in [4.69, 9.17) is 5.73 Å². The minimum atomic E-state index is 0.497. The van der Waals surface area contributed by atoms with E-state index < -0.39 is 0 Å². The number of thiazole rings is 1. The highest BCUT2D eigenvalue weighted by Gasteiger charge is 2.03. The third-order valence-corrected chi connectivity index (χ3v) is 3.24. The van der Waals surface area contributed by atoms with Crippen LogP contribution in [0.2, 0.25) is 0 Å². The Bertz CT molecular complexity index is 407. The number of nitrogens with zero attached hydrogens (tertiary/aromatic N) is 3. The summed E-state index contributed by atoms with van der Waals surface area (Å²) in [6, 6.07) is 1.75. The van der Waals surface area contributed by atoms with Crippen LogP contribution in [0.15, 0.2) is 27.0 Å². The van der Waals surface area contributed by atoms with Gasteiger partial charge >= 0.3 is 0 Å². The summed E-state index contributed by atoms with van der Waals surface area (Å²) >= 11 is 3.08. The molecule has 72 valence electrons. The third kappa shape index (κ3) is 2.21. The number of aromatic nitrogens is 3. The van der Waals surface area contributed by atoms with E-state index in [2.05, 4.69) is 15.0 Å². The lowest BCUT2D eigenvalue weighted by Crippen LogP contribution is -1.96. The fraction of sp³-hybridized carbons (Fsp3) is 0.125. The summed E-state index contributed by atoms with van der Waals surface area (Å²) < 4.78 is 0.961. The highest BCUT2D eigenvalue weighted by Crippen LogP contribution is 2.28. The van der Waals surface area contributed by atoms with Crippen molar-refractivity contribution in [2.45, 2.75) is 16.3 Å². The topological polar surface area (TPSA) is 64.7 Å². The molecule has 0 saturated carbocycles. The van der Waals surface area contributed by atoms with Gasteiger partial charge < -0.3 is 5.73 Å².